The summed E-state index contributed by atoms with van der Waals surface area (Å²) in [6.07, 6.45) is 6.55. The highest BCUT2D eigenvalue weighted by atomic mass is 16.3. The number of hydrogen-bond donors (Lipinski definition) is 3. The summed E-state index contributed by atoms with van der Waals surface area (Å²) in [5, 5.41) is 9.14. The number of aromatic nitrogens is 4. The molecular weight excluding hydrogens is 232 g/mol. The largest absolute Gasteiger partial charge is 0.396 e. The van der Waals surface area contributed by atoms with Gasteiger partial charge in [0, 0.05) is 12.5 Å². The molecule has 0 aromatic carbocycles. The van der Waals surface area contributed by atoms with Crippen molar-refractivity contribution >= 4 is 22.9 Å². The van der Waals surface area contributed by atoms with Gasteiger partial charge in [-0.1, -0.05) is 12.2 Å². The minimum absolute atomic E-state index is 0.126. The number of anilines is 2. The normalized spacial score (nSPS) is 22.9. The van der Waals surface area contributed by atoms with Gasteiger partial charge in [0.05, 0.1) is 12.4 Å². The van der Waals surface area contributed by atoms with E-state index in [-0.39, 0.29) is 30.3 Å². The smallest absolute Gasteiger partial charge is 0.224 e. The van der Waals surface area contributed by atoms with Crippen LogP contribution >= 0.6 is 0 Å². The van der Waals surface area contributed by atoms with Crippen molar-refractivity contribution in [3.8, 4) is 0 Å². The van der Waals surface area contributed by atoms with Crippen molar-refractivity contribution < 1.29 is 5.11 Å². The van der Waals surface area contributed by atoms with Gasteiger partial charge in [-0.25, -0.2) is 4.98 Å². The number of nitrogens with zero attached hydrogens (tertiary/aromatic N) is 4. The van der Waals surface area contributed by atoms with Crippen molar-refractivity contribution in [3.05, 3.63) is 18.5 Å². The molecule has 3 rings (SSSR count). The average molecular weight is 246 g/mol. The van der Waals surface area contributed by atoms with Crippen molar-refractivity contribution in [2.24, 2.45) is 5.92 Å². The fraction of sp³-hybridized carbons (Fsp3) is 0.364. The molecule has 2 heterocycles. The first-order chi connectivity index (χ1) is 8.69. The molecule has 2 atom stereocenters. The first-order valence-corrected chi connectivity index (χ1v) is 5.73. The molecule has 0 radical (unpaired) electrons. The number of rotatable bonds is 2. The number of aliphatic hydroxyl groups excluding tert-OH is 1. The molecule has 2 aromatic rings. The van der Waals surface area contributed by atoms with Gasteiger partial charge < -0.3 is 21.1 Å². The quantitative estimate of drug-likeness (QED) is 0.647. The Morgan fingerprint density at radius 2 is 2.17 bits per heavy atom. The summed E-state index contributed by atoms with van der Waals surface area (Å²) >= 11 is 0. The number of allylic oxidation sites excluding steroid dienone is 1. The molecule has 0 bridgehead atoms. The third-order valence-electron chi connectivity index (χ3n) is 3.21. The molecule has 7 nitrogen and oxygen atoms in total. The van der Waals surface area contributed by atoms with Crippen LogP contribution in [0.2, 0.25) is 0 Å². The Kier molecular flexibility index (Phi) is 2.41. The number of imidazole rings is 1. The minimum Gasteiger partial charge on any atom is -0.396 e. The molecule has 5 N–H and O–H groups in total. The summed E-state index contributed by atoms with van der Waals surface area (Å²) in [7, 11) is 0. The first kappa shape index (κ1) is 11.0. The van der Waals surface area contributed by atoms with Gasteiger partial charge in [-0.15, -0.1) is 0 Å². The van der Waals surface area contributed by atoms with E-state index >= 15 is 0 Å². The van der Waals surface area contributed by atoms with Crippen LogP contribution in [-0.2, 0) is 0 Å². The van der Waals surface area contributed by atoms with E-state index in [4.69, 9.17) is 16.6 Å². The fourth-order valence-corrected chi connectivity index (χ4v) is 2.29. The third kappa shape index (κ3) is 1.60. The maximum Gasteiger partial charge on any atom is 0.224 e. The fourth-order valence-electron chi connectivity index (χ4n) is 2.29. The van der Waals surface area contributed by atoms with E-state index in [1.54, 1.807) is 6.33 Å². The Hall–Kier alpha value is -2.15. The molecule has 0 aliphatic heterocycles. The monoisotopic (exact) mass is 246 g/mol. The van der Waals surface area contributed by atoms with E-state index in [0.717, 1.165) is 6.42 Å². The Balaban J connectivity index is 2.06. The van der Waals surface area contributed by atoms with E-state index in [1.807, 2.05) is 16.7 Å². The molecule has 1 aliphatic carbocycles. The number of aliphatic hydroxyl groups is 1. The summed E-state index contributed by atoms with van der Waals surface area (Å²) in [5.41, 5.74) is 12.6. The summed E-state index contributed by atoms with van der Waals surface area (Å²) in [4.78, 5) is 12.3. The summed E-state index contributed by atoms with van der Waals surface area (Å²) in [5.74, 6) is 0.614. The first-order valence-electron chi connectivity index (χ1n) is 5.73. The molecule has 2 aromatic heterocycles. The zero-order valence-corrected chi connectivity index (χ0v) is 9.69. The van der Waals surface area contributed by atoms with Crippen molar-refractivity contribution in [1.82, 2.24) is 19.5 Å². The number of hydrogen-bond acceptors (Lipinski definition) is 6. The lowest BCUT2D eigenvalue weighted by atomic mass is 10.1. The maximum atomic E-state index is 9.14. The predicted molar refractivity (Wildman–Crippen MR) is 67.5 cm³/mol. The molecule has 0 saturated carbocycles. The Labute approximate surface area is 103 Å². The molecule has 94 valence electrons. The highest BCUT2D eigenvalue weighted by Gasteiger charge is 2.22. The third-order valence-corrected chi connectivity index (χ3v) is 3.21. The number of nitrogens with two attached hydrogens (primary N) is 2. The van der Waals surface area contributed by atoms with Crippen molar-refractivity contribution in [1.29, 1.82) is 0 Å². The van der Waals surface area contributed by atoms with Crippen LogP contribution in [0.3, 0.4) is 0 Å². The SMILES string of the molecule is Nc1nc(N)c2ncn([C@H]3C=C[C@@H](CO)C3)c2n1. The molecule has 0 unspecified atom stereocenters. The van der Waals surface area contributed by atoms with Gasteiger partial charge in [-0.05, 0) is 6.42 Å². The highest BCUT2D eigenvalue weighted by Crippen LogP contribution is 2.30. The lowest BCUT2D eigenvalue weighted by molar-refractivity contribution is 0.244. The zero-order chi connectivity index (χ0) is 12.7. The van der Waals surface area contributed by atoms with E-state index in [0.29, 0.717) is 11.2 Å². The molecule has 18 heavy (non-hydrogen) atoms. The van der Waals surface area contributed by atoms with Crippen LogP contribution in [0.4, 0.5) is 11.8 Å². The number of fused-ring (bicyclic) bond motifs is 1. The topological polar surface area (TPSA) is 116 Å². The Morgan fingerprint density at radius 1 is 1.33 bits per heavy atom. The van der Waals surface area contributed by atoms with Crippen LogP contribution in [0.1, 0.15) is 12.5 Å². The van der Waals surface area contributed by atoms with E-state index in [9.17, 15) is 0 Å². The Morgan fingerprint density at radius 3 is 2.89 bits per heavy atom. The lowest BCUT2D eigenvalue weighted by Crippen LogP contribution is -2.09. The lowest BCUT2D eigenvalue weighted by Gasteiger charge is -2.12. The van der Waals surface area contributed by atoms with E-state index < -0.39 is 0 Å². The van der Waals surface area contributed by atoms with Crippen LogP contribution in [-0.4, -0.2) is 31.2 Å². The number of nitrogen functional groups attached to an aromatic ring is 2. The second kappa shape index (κ2) is 3.95. The second-order valence-corrected chi connectivity index (χ2v) is 4.42. The van der Waals surface area contributed by atoms with Crippen LogP contribution in [0.25, 0.3) is 11.2 Å². The van der Waals surface area contributed by atoms with Gasteiger partial charge in [0.15, 0.2) is 11.5 Å². The summed E-state index contributed by atoms with van der Waals surface area (Å²) in [6, 6.07) is 0.126. The molecular formula is C11H14N6O. The van der Waals surface area contributed by atoms with E-state index in [1.165, 1.54) is 0 Å². The van der Waals surface area contributed by atoms with E-state index in [2.05, 4.69) is 15.0 Å². The zero-order valence-electron chi connectivity index (χ0n) is 9.69. The molecule has 0 amide bonds. The standard InChI is InChI=1S/C11H14N6O/c12-9-8-10(16-11(13)15-9)17(5-14-8)7-2-1-6(3-7)4-18/h1-2,5-7,18H,3-4H2,(H4,12,13,15,16)/t6-,7+/m1/s1. The van der Waals surface area contributed by atoms with Gasteiger partial charge in [-0.3, -0.25) is 0 Å². The predicted octanol–water partition coefficient (Wildman–Crippen LogP) is 0.100. The van der Waals surface area contributed by atoms with Gasteiger partial charge in [0.2, 0.25) is 5.95 Å². The van der Waals surface area contributed by atoms with Gasteiger partial charge in [0.1, 0.15) is 5.52 Å². The molecule has 0 fully saturated rings. The minimum atomic E-state index is 0.126. The van der Waals surface area contributed by atoms with Crippen LogP contribution in [0, 0.1) is 5.92 Å². The summed E-state index contributed by atoms with van der Waals surface area (Å²) in [6.45, 7) is 0.152. The van der Waals surface area contributed by atoms with Gasteiger partial charge in [-0.2, -0.15) is 9.97 Å². The molecule has 7 heteroatoms. The average Bonchev–Trinajstić information content (AvgIpc) is 2.93. The highest BCUT2D eigenvalue weighted by molar-refractivity contribution is 5.82. The van der Waals surface area contributed by atoms with Crippen LogP contribution < -0.4 is 11.5 Å². The van der Waals surface area contributed by atoms with Crippen LogP contribution in [0.15, 0.2) is 18.5 Å². The van der Waals surface area contributed by atoms with Crippen LogP contribution in [0.5, 0.6) is 0 Å². The Bertz CT molecular complexity index is 619. The maximum absolute atomic E-state index is 9.14. The molecule has 1 aliphatic rings. The van der Waals surface area contributed by atoms with Crippen molar-refractivity contribution in [2.75, 3.05) is 18.1 Å². The van der Waals surface area contributed by atoms with Crippen molar-refractivity contribution in [3.63, 3.8) is 0 Å². The van der Waals surface area contributed by atoms with Gasteiger partial charge in [0.25, 0.3) is 0 Å². The molecule has 0 saturated heterocycles. The molecule has 0 spiro atoms. The van der Waals surface area contributed by atoms with Gasteiger partial charge >= 0.3 is 0 Å². The second-order valence-electron chi connectivity index (χ2n) is 4.42. The van der Waals surface area contributed by atoms with Crippen molar-refractivity contribution in [2.45, 2.75) is 12.5 Å². The summed E-state index contributed by atoms with van der Waals surface area (Å²) < 4.78 is 1.91.